The molecule has 0 radical (unpaired) electrons. The maximum atomic E-state index is 12.6. The summed E-state index contributed by atoms with van der Waals surface area (Å²) in [6, 6.07) is 13.4. The van der Waals surface area contributed by atoms with Gasteiger partial charge in [-0.2, -0.15) is 0 Å². The van der Waals surface area contributed by atoms with Gasteiger partial charge in [0.1, 0.15) is 11.6 Å². The van der Waals surface area contributed by atoms with Gasteiger partial charge in [0.2, 0.25) is 11.8 Å². The molecule has 2 amide bonds. The number of nitrogens with one attached hydrogen (secondary N) is 3. The van der Waals surface area contributed by atoms with Crippen LogP contribution in [-0.2, 0) is 9.59 Å². The first-order valence-electron chi connectivity index (χ1n) is 11.3. The Hall–Kier alpha value is -4.01. The first-order chi connectivity index (χ1) is 16.4. The van der Waals surface area contributed by atoms with Crippen LogP contribution in [0.15, 0.2) is 48.7 Å². The van der Waals surface area contributed by atoms with E-state index in [9.17, 15) is 9.59 Å². The normalized spacial score (nSPS) is 15.3. The third-order valence-corrected chi connectivity index (χ3v) is 5.86. The predicted molar refractivity (Wildman–Crippen MR) is 132 cm³/mol. The fourth-order valence-corrected chi connectivity index (χ4v) is 3.71. The van der Waals surface area contributed by atoms with Gasteiger partial charge in [0.15, 0.2) is 5.82 Å². The van der Waals surface area contributed by atoms with Crippen LogP contribution in [0.4, 0.5) is 23.1 Å². The molecule has 0 aliphatic carbocycles. The smallest absolute Gasteiger partial charge is 0.227 e. The van der Waals surface area contributed by atoms with E-state index in [0.717, 1.165) is 16.8 Å². The van der Waals surface area contributed by atoms with Gasteiger partial charge in [0.25, 0.3) is 0 Å². The zero-order valence-corrected chi connectivity index (χ0v) is 19.6. The van der Waals surface area contributed by atoms with Gasteiger partial charge in [-0.3, -0.25) is 9.59 Å². The molecule has 9 heteroatoms. The maximum Gasteiger partial charge on any atom is 0.227 e. The van der Waals surface area contributed by atoms with Crippen molar-refractivity contribution in [3.8, 4) is 0 Å². The highest BCUT2D eigenvalue weighted by Gasteiger charge is 2.35. The molecule has 1 aromatic carbocycles. The summed E-state index contributed by atoms with van der Waals surface area (Å²) in [4.78, 5) is 31.0. The lowest BCUT2D eigenvalue weighted by Gasteiger charge is -2.18. The summed E-state index contributed by atoms with van der Waals surface area (Å²) in [7, 11) is 0. The van der Waals surface area contributed by atoms with Gasteiger partial charge >= 0.3 is 0 Å². The highest BCUT2D eigenvalue weighted by molar-refractivity contribution is 6.00. The van der Waals surface area contributed by atoms with Gasteiger partial charge in [-0.25, -0.2) is 4.98 Å². The van der Waals surface area contributed by atoms with Crippen LogP contribution in [0.2, 0.25) is 0 Å². The summed E-state index contributed by atoms with van der Waals surface area (Å²) < 4.78 is 0. The molecular weight excluding hydrogens is 430 g/mol. The van der Waals surface area contributed by atoms with Crippen LogP contribution >= 0.6 is 0 Å². The van der Waals surface area contributed by atoms with Crippen molar-refractivity contribution < 1.29 is 9.59 Å². The third kappa shape index (κ3) is 5.67. The van der Waals surface area contributed by atoms with Crippen LogP contribution in [0.25, 0.3) is 0 Å². The molecule has 1 unspecified atom stereocenters. The number of hydrogen-bond donors (Lipinski definition) is 3. The second-order valence-electron chi connectivity index (χ2n) is 8.54. The van der Waals surface area contributed by atoms with Crippen molar-refractivity contribution in [1.82, 2.24) is 20.5 Å². The molecular formula is C25H29N7O2. The molecule has 3 N–H and O–H groups in total. The van der Waals surface area contributed by atoms with Crippen molar-refractivity contribution in [1.29, 1.82) is 0 Å². The lowest BCUT2D eigenvalue weighted by atomic mass is 10.1. The zero-order valence-electron chi connectivity index (χ0n) is 19.6. The van der Waals surface area contributed by atoms with E-state index in [1.54, 1.807) is 17.2 Å². The first kappa shape index (κ1) is 23.2. The average molecular weight is 460 g/mol. The molecule has 1 saturated heterocycles. The van der Waals surface area contributed by atoms with E-state index >= 15 is 0 Å². The number of anilines is 4. The minimum Gasteiger partial charge on any atom is -0.367 e. The van der Waals surface area contributed by atoms with Crippen molar-refractivity contribution in [2.24, 2.45) is 5.92 Å². The lowest BCUT2D eigenvalue weighted by molar-refractivity contribution is -0.126. The maximum absolute atomic E-state index is 12.6. The summed E-state index contributed by atoms with van der Waals surface area (Å²) in [6.07, 6.45) is 2.00. The Morgan fingerprint density at radius 2 is 1.74 bits per heavy atom. The number of nitrogens with zero attached hydrogens (tertiary/aromatic N) is 4. The number of carbonyl (C=O) groups excluding carboxylic acids is 2. The quantitative estimate of drug-likeness (QED) is 0.444. The van der Waals surface area contributed by atoms with E-state index in [2.05, 4.69) is 31.1 Å². The van der Waals surface area contributed by atoms with Gasteiger partial charge in [-0.15, -0.1) is 10.2 Å². The molecule has 1 atom stereocenters. The van der Waals surface area contributed by atoms with E-state index in [1.165, 1.54) is 5.56 Å². The number of aryl methyl sites for hydroxylation is 3. The second kappa shape index (κ2) is 10.3. The van der Waals surface area contributed by atoms with Crippen LogP contribution in [0.3, 0.4) is 0 Å². The summed E-state index contributed by atoms with van der Waals surface area (Å²) in [6.45, 7) is 7.35. The molecule has 3 heterocycles. The first-order valence-corrected chi connectivity index (χ1v) is 11.3. The Morgan fingerprint density at radius 3 is 2.44 bits per heavy atom. The van der Waals surface area contributed by atoms with Crippen molar-refractivity contribution in [3.63, 3.8) is 0 Å². The van der Waals surface area contributed by atoms with E-state index in [1.807, 2.05) is 57.2 Å². The lowest BCUT2D eigenvalue weighted by Crippen LogP contribution is -2.35. The molecule has 1 aliphatic heterocycles. The van der Waals surface area contributed by atoms with Crippen LogP contribution in [0.5, 0.6) is 0 Å². The standard InChI is InChI=1S/C25H29N7O2/c1-16-4-7-21(28-14-16)29-23-9-8-22(30-31-23)26-10-11-27-25(34)19-13-24(33)32(15-19)20-6-5-17(2)18(3)12-20/h4-9,12,14,19H,10-11,13,15H2,1-3H3,(H,26,30)(H,27,34)(H,28,29,31). The SMILES string of the molecule is Cc1ccc(Nc2ccc(NCCNC(=O)C3CC(=O)N(c4ccc(C)c(C)c4)C3)nn2)nc1. The highest BCUT2D eigenvalue weighted by atomic mass is 16.2. The van der Waals surface area contributed by atoms with Crippen molar-refractivity contribution in [2.75, 3.05) is 35.2 Å². The number of rotatable bonds is 8. The number of pyridine rings is 1. The molecule has 0 saturated carbocycles. The predicted octanol–water partition coefficient (Wildman–Crippen LogP) is 3.12. The minimum absolute atomic E-state index is 0.0219. The van der Waals surface area contributed by atoms with Crippen LogP contribution in [-0.4, -0.2) is 46.6 Å². The summed E-state index contributed by atoms with van der Waals surface area (Å²) >= 11 is 0. The Labute approximate surface area is 199 Å². The highest BCUT2D eigenvalue weighted by Crippen LogP contribution is 2.27. The Bertz CT molecular complexity index is 1160. The fraction of sp³-hybridized carbons (Fsp3) is 0.320. The van der Waals surface area contributed by atoms with Crippen molar-refractivity contribution >= 4 is 35.0 Å². The van der Waals surface area contributed by atoms with Gasteiger partial charge < -0.3 is 20.9 Å². The second-order valence-corrected chi connectivity index (χ2v) is 8.54. The molecule has 2 aromatic heterocycles. The summed E-state index contributed by atoms with van der Waals surface area (Å²) in [5.74, 6) is 1.41. The van der Waals surface area contributed by atoms with Crippen LogP contribution in [0.1, 0.15) is 23.1 Å². The largest absolute Gasteiger partial charge is 0.367 e. The third-order valence-electron chi connectivity index (χ3n) is 5.86. The molecule has 3 aromatic rings. The molecule has 4 rings (SSSR count). The van der Waals surface area contributed by atoms with Crippen molar-refractivity contribution in [3.05, 3.63) is 65.4 Å². The van der Waals surface area contributed by atoms with Crippen LogP contribution < -0.4 is 20.9 Å². The molecule has 0 spiro atoms. The molecule has 1 aliphatic rings. The van der Waals surface area contributed by atoms with Gasteiger partial charge in [-0.05, 0) is 67.8 Å². The Morgan fingerprint density at radius 1 is 0.971 bits per heavy atom. The number of carbonyl (C=O) groups is 2. The number of benzene rings is 1. The van der Waals surface area contributed by atoms with E-state index in [0.29, 0.717) is 37.1 Å². The number of hydrogen-bond acceptors (Lipinski definition) is 7. The number of aromatic nitrogens is 3. The van der Waals surface area contributed by atoms with Crippen molar-refractivity contribution in [2.45, 2.75) is 27.2 Å². The topological polar surface area (TPSA) is 112 Å². The minimum atomic E-state index is -0.352. The fourth-order valence-electron chi connectivity index (χ4n) is 3.71. The number of amides is 2. The molecule has 176 valence electrons. The van der Waals surface area contributed by atoms with E-state index in [4.69, 9.17) is 0 Å². The van der Waals surface area contributed by atoms with E-state index < -0.39 is 0 Å². The molecule has 34 heavy (non-hydrogen) atoms. The summed E-state index contributed by atoms with van der Waals surface area (Å²) in [5.41, 5.74) is 4.24. The van der Waals surface area contributed by atoms with Gasteiger partial charge in [0.05, 0.1) is 5.92 Å². The molecule has 0 bridgehead atoms. The molecule has 1 fully saturated rings. The van der Waals surface area contributed by atoms with E-state index in [-0.39, 0.29) is 24.2 Å². The van der Waals surface area contributed by atoms with Crippen LogP contribution in [0, 0.1) is 26.7 Å². The average Bonchev–Trinajstić information content (AvgIpc) is 3.22. The summed E-state index contributed by atoms with van der Waals surface area (Å²) in [5, 5.41) is 17.4. The Kier molecular flexibility index (Phi) is 7.01. The van der Waals surface area contributed by atoms with Gasteiger partial charge in [-0.1, -0.05) is 12.1 Å². The zero-order chi connectivity index (χ0) is 24.1. The van der Waals surface area contributed by atoms with Gasteiger partial charge in [0, 0.05) is 37.9 Å². The monoisotopic (exact) mass is 459 g/mol. The Balaban J connectivity index is 1.21. The molecule has 9 nitrogen and oxygen atoms in total.